The molecule has 180 valence electrons. The molecule has 2 heterocycles. The number of nitrogens with zero attached hydrogens (tertiary/aromatic N) is 3. The molecule has 0 saturated carbocycles. The van der Waals surface area contributed by atoms with Crippen LogP contribution in [0.25, 0.3) is 0 Å². The Morgan fingerprint density at radius 3 is 2.44 bits per heavy atom. The molecule has 2 aliphatic rings. The summed E-state index contributed by atoms with van der Waals surface area (Å²) in [5.41, 5.74) is 0.746. The lowest BCUT2D eigenvalue weighted by Gasteiger charge is -2.39. The molecular formula is C25H42N4O3. The number of nitrogens with one attached hydrogen (secondary N) is 1. The number of likely N-dealkylation sites (N-methyl/N-ethyl adjacent to an activating group) is 1. The Hall–Kier alpha value is -1.83. The van der Waals surface area contributed by atoms with E-state index in [0.717, 1.165) is 76.6 Å². The first kappa shape index (κ1) is 24.8. The van der Waals surface area contributed by atoms with Crippen molar-refractivity contribution in [2.75, 3.05) is 64.3 Å². The number of benzene rings is 1. The Labute approximate surface area is 194 Å². The second-order valence-electron chi connectivity index (χ2n) is 9.21. The van der Waals surface area contributed by atoms with Crippen molar-refractivity contribution in [1.29, 1.82) is 0 Å². The number of hydrogen-bond donors (Lipinski definition) is 1. The van der Waals surface area contributed by atoms with E-state index in [-0.39, 0.29) is 6.03 Å². The molecule has 2 saturated heterocycles. The predicted molar refractivity (Wildman–Crippen MR) is 129 cm³/mol. The van der Waals surface area contributed by atoms with Gasteiger partial charge in [0, 0.05) is 39.3 Å². The highest BCUT2D eigenvalue weighted by Gasteiger charge is 2.28. The number of likely N-dealkylation sites (tertiary alicyclic amines) is 1. The zero-order valence-corrected chi connectivity index (χ0v) is 20.4. The number of para-hydroxylation sites is 2. The Morgan fingerprint density at radius 1 is 1.12 bits per heavy atom. The van der Waals surface area contributed by atoms with Crippen LogP contribution in [0.15, 0.2) is 24.3 Å². The van der Waals surface area contributed by atoms with E-state index < -0.39 is 0 Å². The molecule has 0 bridgehead atoms. The van der Waals surface area contributed by atoms with E-state index in [1.165, 1.54) is 0 Å². The van der Waals surface area contributed by atoms with Gasteiger partial charge in [0.1, 0.15) is 12.4 Å². The minimum Gasteiger partial charge on any atom is -0.490 e. The van der Waals surface area contributed by atoms with Gasteiger partial charge < -0.3 is 24.6 Å². The SMILES string of the molecule is CCN(CC)CCOc1ccccc1NC(=O)N1CCC(CN2C[C@@H](C)O[C@H](C)C2)CC1. The first-order valence-electron chi connectivity index (χ1n) is 12.4. The number of morpholine rings is 1. The number of ether oxygens (including phenoxy) is 2. The second-order valence-corrected chi connectivity index (χ2v) is 9.21. The molecule has 0 spiro atoms. The molecule has 0 radical (unpaired) electrons. The van der Waals surface area contributed by atoms with Crippen molar-refractivity contribution in [3.05, 3.63) is 24.3 Å². The normalized spacial score (nSPS) is 22.8. The monoisotopic (exact) mass is 446 g/mol. The molecule has 7 nitrogen and oxygen atoms in total. The van der Waals surface area contributed by atoms with Crippen molar-refractivity contribution in [3.8, 4) is 5.75 Å². The van der Waals surface area contributed by atoms with E-state index in [1.54, 1.807) is 0 Å². The maximum atomic E-state index is 12.9. The van der Waals surface area contributed by atoms with Gasteiger partial charge in [-0.3, -0.25) is 4.90 Å². The summed E-state index contributed by atoms with van der Waals surface area (Å²) < 4.78 is 11.8. The maximum Gasteiger partial charge on any atom is 0.321 e. The van der Waals surface area contributed by atoms with Crippen molar-refractivity contribution in [2.24, 2.45) is 5.92 Å². The lowest BCUT2D eigenvalue weighted by molar-refractivity contribution is -0.0728. The zero-order chi connectivity index (χ0) is 22.9. The van der Waals surface area contributed by atoms with Crippen LogP contribution in [0.1, 0.15) is 40.5 Å². The number of hydrogen-bond acceptors (Lipinski definition) is 5. The lowest BCUT2D eigenvalue weighted by Crippen LogP contribution is -2.49. The molecule has 1 aromatic rings. The van der Waals surface area contributed by atoms with Gasteiger partial charge in [0.2, 0.25) is 0 Å². The summed E-state index contributed by atoms with van der Waals surface area (Å²) in [6.07, 6.45) is 2.71. The Balaban J connectivity index is 1.45. The number of anilines is 1. The van der Waals surface area contributed by atoms with E-state index in [2.05, 4.69) is 42.8 Å². The van der Waals surface area contributed by atoms with E-state index in [0.29, 0.717) is 24.7 Å². The van der Waals surface area contributed by atoms with Gasteiger partial charge >= 0.3 is 6.03 Å². The second kappa shape index (κ2) is 12.4. The summed E-state index contributed by atoms with van der Waals surface area (Å²) in [6, 6.07) is 7.69. The lowest BCUT2D eigenvalue weighted by atomic mass is 9.96. The summed E-state index contributed by atoms with van der Waals surface area (Å²) >= 11 is 0. The van der Waals surface area contributed by atoms with Gasteiger partial charge in [0.05, 0.1) is 17.9 Å². The predicted octanol–water partition coefficient (Wildman–Crippen LogP) is 3.76. The number of amides is 2. The smallest absolute Gasteiger partial charge is 0.321 e. The summed E-state index contributed by atoms with van der Waals surface area (Å²) in [7, 11) is 0. The number of urea groups is 1. The van der Waals surface area contributed by atoms with E-state index in [1.807, 2.05) is 29.2 Å². The van der Waals surface area contributed by atoms with Crippen molar-refractivity contribution >= 4 is 11.7 Å². The molecule has 2 atom stereocenters. The van der Waals surface area contributed by atoms with Crippen molar-refractivity contribution < 1.29 is 14.3 Å². The largest absolute Gasteiger partial charge is 0.490 e. The van der Waals surface area contributed by atoms with Crippen LogP contribution in [0.2, 0.25) is 0 Å². The molecule has 1 aromatic carbocycles. The third kappa shape index (κ3) is 7.36. The molecule has 1 N–H and O–H groups in total. The molecule has 2 fully saturated rings. The average Bonchev–Trinajstić information content (AvgIpc) is 2.77. The molecule has 3 rings (SSSR count). The number of carbonyl (C=O) groups excluding carboxylic acids is 1. The maximum absolute atomic E-state index is 12.9. The molecular weight excluding hydrogens is 404 g/mol. The van der Waals surface area contributed by atoms with Gasteiger partial charge in [-0.05, 0) is 57.8 Å². The van der Waals surface area contributed by atoms with Crippen LogP contribution in [0, 0.1) is 5.92 Å². The summed E-state index contributed by atoms with van der Waals surface area (Å²) in [4.78, 5) is 19.7. The first-order chi connectivity index (χ1) is 15.5. The third-order valence-electron chi connectivity index (χ3n) is 6.60. The van der Waals surface area contributed by atoms with Gasteiger partial charge in [0.15, 0.2) is 0 Å². The van der Waals surface area contributed by atoms with Gasteiger partial charge in [-0.25, -0.2) is 4.79 Å². The van der Waals surface area contributed by atoms with E-state index >= 15 is 0 Å². The Morgan fingerprint density at radius 2 is 1.78 bits per heavy atom. The third-order valence-corrected chi connectivity index (χ3v) is 6.60. The number of rotatable bonds is 9. The Kier molecular flexibility index (Phi) is 9.63. The van der Waals surface area contributed by atoms with Gasteiger partial charge in [-0.1, -0.05) is 26.0 Å². The summed E-state index contributed by atoms with van der Waals surface area (Å²) in [6.45, 7) is 16.9. The van der Waals surface area contributed by atoms with Crippen LogP contribution in [0.5, 0.6) is 5.75 Å². The minimum atomic E-state index is -0.0307. The molecule has 2 amide bonds. The number of piperidine rings is 1. The fourth-order valence-electron chi connectivity index (χ4n) is 4.83. The van der Waals surface area contributed by atoms with Crippen LogP contribution >= 0.6 is 0 Å². The fourth-order valence-corrected chi connectivity index (χ4v) is 4.83. The molecule has 0 unspecified atom stereocenters. The van der Waals surface area contributed by atoms with Crippen LogP contribution < -0.4 is 10.1 Å². The molecule has 0 aliphatic carbocycles. The molecule has 2 aliphatic heterocycles. The summed E-state index contributed by atoms with van der Waals surface area (Å²) in [5, 5.41) is 3.08. The highest BCUT2D eigenvalue weighted by molar-refractivity contribution is 5.91. The quantitative estimate of drug-likeness (QED) is 0.626. The first-order valence-corrected chi connectivity index (χ1v) is 12.4. The van der Waals surface area contributed by atoms with Crippen LogP contribution in [-0.2, 0) is 4.74 Å². The van der Waals surface area contributed by atoms with E-state index in [4.69, 9.17) is 9.47 Å². The fraction of sp³-hybridized carbons (Fsp3) is 0.720. The topological polar surface area (TPSA) is 57.3 Å². The number of carbonyl (C=O) groups is 1. The summed E-state index contributed by atoms with van der Waals surface area (Å²) in [5.74, 6) is 1.38. The average molecular weight is 447 g/mol. The standard InChI is InChI=1S/C25H42N4O3/c1-5-27(6-2)15-16-31-24-10-8-7-9-23(24)26-25(30)29-13-11-22(12-14-29)19-28-17-20(3)32-21(4)18-28/h7-10,20-22H,5-6,11-19H2,1-4H3,(H,26,30)/t20-,21-/m1/s1. The molecule has 0 aromatic heterocycles. The van der Waals surface area contributed by atoms with Crippen LogP contribution in [0.4, 0.5) is 10.5 Å². The van der Waals surface area contributed by atoms with Gasteiger partial charge in [0.25, 0.3) is 0 Å². The highest BCUT2D eigenvalue weighted by atomic mass is 16.5. The highest BCUT2D eigenvalue weighted by Crippen LogP contribution is 2.26. The van der Waals surface area contributed by atoms with Gasteiger partial charge in [-0.2, -0.15) is 0 Å². The zero-order valence-electron chi connectivity index (χ0n) is 20.4. The van der Waals surface area contributed by atoms with Crippen LogP contribution in [0.3, 0.4) is 0 Å². The minimum absolute atomic E-state index is 0.0307. The van der Waals surface area contributed by atoms with Gasteiger partial charge in [-0.15, -0.1) is 0 Å². The van der Waals surface area contributed by atoms with Crippen molar-refractivity contribution in [1.82, 2.24) is 14.7 Å². The van der Waals surface area contributed by atoms with E-state index in [9.17, 15) is 4.79 Å². The van der Waals surface area contributed by atoms with Crippen molar-refractivity contribution in [2.45, 2.75) is 52.7 Å². The molecule has 7 heteroatoms. The van der Waals surface area contributed by atoms with Crippen LogP contribution in [-0.4, -0.2) is 91.9 Å². The Bertz CT molecular complexity index is 694. The molecule has 32 heavy (non-hydrogen) atoms. The van der Waals surface area contributed by atoms with Crippen molar-refractivity contribution in [3.63, 3.8) is 0 Å².